The van der Waals surface area contributed by atoms with Crippen LogP contribution in [0.15, 0.2) is 30.3 Å². The highest BCUT2D eigenvalue weighted by atomic mass is 16.1. The summed E-state index contributed by atoms with van der Waals surface area (Å²) in [4.78, 5) is 16.0. The quantitative estimate of drug-likeness (QED) is 0.827. The Balaban J connectivity index is 1.73. The minimum absolute atomic E-state index is 0.177. The summed E-state index contributed by atoms with van der Waals surface area (Å²) in [7, 11) is 0. The molecule has 3 rings (SSSR count). The topological polar surface area (TPSA) is 49.3 Å². The summed E-state index contributed by atoms with van der Waals surface area (Å²) in [5.41, 5.74) is 4.11. The maximum Gasteiger partial charge on any atom is 0.151 e. The highest BCUT2D eigenvalue weighted by molar-refractivity contribution is 5.78. The number of ketones is 1. The van der Waals surface area contributed by atoms with Crippen molar-refractivity contribution in [2.75, 3.05) is 31.1 Å². The number of benzene rings is 1. The molecule has 2 aromatic rings. The lowest BCUT2D eigenvalue weighted by Crippen LogP contribution is -2.49. The summed E-state index contributed by atoms with van der Waals surface area (Å²) in [5.74, 6) is 1.14. The largest absolute Gasteiger partial charge is 0.353 e. The molecule has 2 heterocycles. The summed E-state index contributed by atoms with van der Waals surface area (Å²) in [5, 5.41) is 8.98. The predicted molar refractivity (Wildman–Crippen MR) is 106 cm³/mol. The number of aryl methyl sites for hydroxylation is 1. The van der Waals surface area contributed by atoms with E-state index >= 15 is 0 Å². The van der Waals surface area contributed by atoms with E-state index in [1.165, 1.54) is 0 Å². The van der Waals surface area contributed by atoms with Gasteiger partial charge in [0.15, 0.2) is 5.82 Å². The van der Waals surface area contributed by atoms with Gasteiger partial charge in [-0.25, -0.2) is 0 Å². The fourth-order valence-electron chi connectivity index (χ4n) is 3.45. The third-order valence-corrected chi connectivity index (χ3v) is 5.02. The van der Waals surface area contributed by atoms with Crippen LogP contribution < -0.4 is 4.90 Å². The number of piperazine rings is 1. The van der Waals surface area contributed by atoms with E-state index < -0.39 is 0 Å². The van der Waals surface area contributed by atoms with Crippen molar-refractivity contribution in [1.82, 2.24) is 15.1 Å². The molecule has 1 fully saturated rings. The number of hydrogen-bond donors (Lipinski definition) is 0. The number of anilines is 1. The Morgan fingerprint density at radius 1 is 1.08 bits per heavy atom. The fraction of sp³-hybridized carbons (Fsp3) is 0.476. The molecule has 0 spiro atoms. The number of aromatic nitrogens is 2. The van der Waals surface area contributed by atoms with Crippen LogP contribution in [0, 0.1) is 6.92 Å². The van der Waals surface area contributed by atoms with E-state index in [4.69, 9.17) is 0 Å². The molecule has 0 unspecified atom stereocenters. The Kier molecular flexibility index (Phi) is 5.67. The van der Waals surface area contributed by atoms with Crippen LogP contribution in [0.2, 0.25) is 0 Å². The lowest BCUT2D eigenvalue weighted by Gasteiger charge is -2.37. The molecule has 0 atom stereocenters. The average Bonchev–Trinajstić information content (AvgIpc) is 2.62. The number of carbonyl (C=O) groups excluding carboxylic acids is 1. The zero-order valence-electron chi connectivity index (χ0n) is 16.2. The van der Waals surface area contributed by atoms with Crippen LogP contribution in [0.4, 0.5) is 5.82 Å². The Morgan fingerprint density at radius 3 is 2.27 bits per heavy atom. The van der Waals surface area contributed by atoms with Crippen molar-refractivity contribution < 1.29 is 4.79 Å². The third kappa shape index (κ3) is 4.28. The molecule has 5 nitrogen and oxygen atoms in total. The maximum absolute atomic E-state index is 11.2. The van der Waals surface area contributed by atoms with Gasteiger partial charge in [0.25, 0.3) is 0 Å². The third-order valence-electron chi connectivity index (χ3n) is 5.02. The number of Topliss-reactive ketones (excluding diaryl/α,β-unsaturated/α-hetero) is 1. The molecule has 0 N–H and O–H groups in total. The van der Waals surface area contributed by atoms with Crippen molar-refractivity contribution in [2.45, 2.75) is 40.2 Å². The SMILES string of the molecule is CC(=O)Cc1ccc(-c2nnc(N3CCN(C(C)C)CC3)cc2C)cc1. The molecule has 0 aliphatic carbocycles. The Morgan fingerprint density at radius 2 is 1.73 bits per heavy atom. The van der Waals surface area contributed by atoms with E-state index in [9.17, 15) is 4.79 Å². The first-order valence-corrected chi connectivity index (χ1v) is 9.36. The van der Waals surface area contributed by atoms with E-state index in [2.05, 4.69) is 46.8 Å². The van der Waals surface area contributed by atoms with Gasteiger partial charge in [-0.05, 0) is 44.9 Å². The zero-order chi connectivity index (χ0) is 18.7. The van der Waals surface area contributed by atoms with E-state index in [1.807, 2.05) is 24.3 Å². The summed E-state index contributed by atoms with van der Waals surface area (Å²) in [6.07, 6.45) is 0.478. The highest BCUT2D eigenvalue weighted by Gasteiger charge is 2.20. The number of hydrogen-bond acceptors (Lipinski definition) is 5. The summed E-state index contributed by atoms with van der Waals surface area (Å²) in [6.45, 7) is 12.3. The molecule has 138 valence electrons. The van der Waals surface area contributed by atoms with Gasteiger partial charge in [-0.1, -0.05) is 24.3 Å². The molecule has 1 aromatic heterocycles. The van der Waals surface area contributed by atoms with Crippen LogP contribution in [0.1, 0.15) is 31.9 Å². The van der Waals surface area contributed by atoms with E-state index in [0.717, 1.165) is 54.4 Å². The highest BCUT2D eigenvalue weighted by Crippen LogP contribution is 2.24. The van der Waals surface area contributed by atoms with Gasteiger partial charge in [0.05, 0.1) is 5.69 Å². The smallest absolute Gasteiger partial charge is 0.151 e. The summed E-state index contributed by atoms with van der Waals surface area (Å²) < 4.78 is 0. The van der Waals surface area contributed by atoms with Crippen LogP contribution in [0.3, 0.4) is 0 Å². The second-order valence-electron chi connectivity index (χ2n) is 7.43. The van der Waals surface area contributed by atoms with Crippen LogP contribution >= 0.6 is 0 Å². The van der Waals surface area contributed by atoms with Crippen molar-refractivity contribution in [3.05, 3.63) is 41.5 Å². The average molecular weight is 352 g/mol. The van der Waals surface area contributed by atoms with Gasteiger partial charge >= 0.3 is 0 Å². The number of nitrogens with zero attached hydrogens (tertiary/aromatic N) is 4. The van der Waals surface area contributed by atoms with Crippen LogP contribution in [-0.2, 0) is 11.2 Å². The monoisotopic (exact) mass is 352 g/mol. The van der Waals surface area contributed by atoms with Gasteiger partial charge in [-0.15, -0.1) is 10.2 Å². The van der Waals surface area contributed by atoms with Crippen LogP contribution in [-0.4, -0.2) is 53.1 Å². The fourth-order valence-corrected chi connectivity index (χ4v) is 3.45. The second kappa shape index (κ2) is 7.96. The number of carbonyl (C=O) groups is 1. The van der Waals surface area contributed by atoms with Crippen molar-refractivity contribution in [1.29, 1.82) is 0 Å². The van der Waals surface area contributed by atoms with Crippen molar-refractivity contribution in [2.24, 2.45) is 0 Å². The maximum atomic E-state index is 11.2. The Hall–Kier alpha value is -2.27. The second-order valence-corrected chi connectivity index (χ2v) is 7.43. The van der Waals surface area contributed by atoms with Crippen LogP contribution in [0.25, 0.3) is 11.3 Å². The van der Waals surface area contributed by atoms with E-state index in [1.54, 1.807) is 6.92 Å². The van der Waals surface area contributed by atoms with E-state index in [-0.39, 0.29) is 5.78 Å². The van der Waals surface area contributed by atoms with Gasteiger partial charge < -0.3 is 4.90 Å². The van der Waals surface area contributed by atoms with Gasteiger partial charge in [0, 0.05) is 44.2 Å². The van der Waals surface area contributed by atoms with Crippen molar-refractivity contribution >= 4 is 11.6 Å². The molecule has 5 heteroatoms. The van der Waals surface area contributed by atoms with Crippen molar-refractivity contribution in [3.8, 4) is 11.3 Å². The molecule has 1 aromatic carbocycles. The van der Waals surface area contributed by atoms with Gasteiger partial charge in [0.1, 0.15) is 5.78 Å². The molecular weight excluding hydrogens is 324 g/mol. The Labute approximate surface area is 156 Å². The molecule has 26 heavy (non-hydrogen) atoms. The standard InChI is InChI=1S/C21H28N4O/c1-15(2)24-9-11-25(12-10-24)20-13-16(3)21(23-22-20)19-7-5-18(6-8-19)14-17(4)26/h5-8,13,15H,9-12,14H2,1-4H3. The zero-order valence-corrected chi connectivity index (χ0v) is 16.2. The molecule has 1 saturated heterocycles. The first kappa shape index (κ1) is 18.5. The lowest BCUT2D eigenvalue weighted by molar-refractivity contribution is -0.116. The predicted octanol–water partition coefficient (Wildman–Crippen LogP) is 3.11. The Bertz CT molecular complexity index is 762. The first-order valence-electron chi connectivity index (χ1n) is 9.36. The van der Waals surface area contributed by atoms with Gasteiger partial charge in [0.2, 0.25) is 0 Å². The molecule has 0 amide bonds. The van der Waals surface area contributed by atoms with Gasteiger partial charge in [-0.3, -0.25) is 9.69 Å². The minimum atomic E-state index is 0.177. The summed E-state index contributed by atoms with van der Waals surface area (Å²) in [6, 6.07) is 10.8. The van der Waals surface area contributed by atoms with Crippen LogP contribution in [0.5, 0.6) is 0 Å². The molecule has 0 saturated carbocycles. The molecule has 1 aliphatic rings. The lowest BCUT2D eigenvalue weighted by atomic mass is 10.0. The van der Waals surface area contributed by atoms with E-state index in [0.29, 0.717) is 12.5 Å². The first-order chi connectivity index (χ1) is 12.4. The summed E-state index contributed by atoms with van der Waals surface area (Å²) >= 11 is 0. The minimum Gasteiger partial charge on any atom is -0.353 e. The molecule has 0 bridgehead atoms. The van der Waals surface area contributed by atoms with Gasteiger partial charge in [-0.2, -0.15) is 0 Å². The normalized spacial score (nSPS) is 15.5. The molecule has 0 radical (unpaired) electrons. The molecular formula is C21H28N4O. The number of rotatable bonds is 5. The molecule has 1 aliphatic heterocycles. The van der Waals surface area contributed by atoms with Crippen molar-refractivity contribution in [3.63, 3.8) is 0 Å².